The Bertz CT molecular complexity index is 579. The van der Waals surface area contributed by atoms with E-state index < -0.39 is 17.6 Å². The Morgan fingerprint density at radius 3 is 2.57 bits per heavy atom. The van der Waals surface area contributed by atoms with Gasteiger partial charge in [-0.15, -0.1) is 0 Å². The largest absolute Gasteiger partial charge is 0.392 e. The maximum Gasteiger partial charge on any atom is 0.137 e. The van der Waals surface area contributed by atoms with E-state index in [1.54, 1.807) is 0 Å². The second-order valence-electron chi connectivity index (χ2n) is 9.75. The van der Waals surface area contributed by atoms with Crippen molar-refractivity contribution < 1.29 is 15.0 Å². The lowest BCUT2D eigenvalue weighted by atomic mass is 9.40. The van der Waals surface area contributed by atoms with E-state index in [-0.39, 0.29) is 28.4 Å². The summed E-state index contributed by atoms with van der Waals surface area (Å²) >= 11 is 0. The molecule has 0 unspecified atom stereocenters. The van der Waals surface area contributed by atoms with Crippen molar-refractivity contribution in [1.82, 2.24) is 0 Å². The van der Waals surface area contributed by atoms with Gasteiger partial charge in [-0.2, -0.15) is 0 Å². The topological polar surface area (TPSA) is 57.5 Å². The molecule has 0 radical (unpaired) electrons. The van der Waals surface area contributed by atoms with Crippen LogP contribution in [0.25, 0.3) is 0 Å². The van der Waals surface area contributed by atoms with Crippen molar-refractivity contribution in [3.8, 4) is 0 Å². The molecule has 0 aromatic rings. The predicted octanol–water partition coefficient (Wildman–Crippen LogP) is 3.10. The molecule has 2 bridgehead atoms. The lowest BCUT2D eigenvalue weighted by molar-refractivity contribution is -0.215. The van der Waals surface area contributed by atoms with Gasteiger partial charge in [0.15, 0.2) is 0 Å². The van der Waals surface area contributed by atoms with Gasteiger partial charge in [0.1, 0.15) is 5.78 Å². The molecular weight excluding hydrogens is 288 g/mol. The van der Waals surface area contributed by atoms with Crippen molar-refractivity contribution in [2.45, 2.75) is 71.5 Å². The number of aliphatic hydroxyl groups is 2. The summed E-state index contributed by atoms with van der Waals surface area (Å²) in [6.07, 6.45) is 3.98. The van der Waals surface area contributed by atoms with E-state index in [0.29, 0.717) is 18.8 Å². The van der Waals surface area contributed by atoms with E-state index in [1.165, 1.54) is 0 Å². The van der Waals surface area contributed by atoms with Gasteiger partial charge in [0.2, 0.25) is 0 Å². The fourth-order valence-electron chi connectivity index (χ4n) is 7.41. The van der Waals surface area contributed by atoms with Crippen LogP contribution in [0, 0.1) is 34.0 Å². The second kappa shape index (κ2) is 4.49. The van der Waals surface area contributed by atoms with Gasteiger partial charge in [0.05, 0.1) is 12.2 Å². The Morgan fingerprint density at radius 1 is 1.17 bits per heavy atom. The van der Waals surface area contributed by atoms with E-state index in [0.717, 1.165) is 31.3 Å². The van der Waals surface area contributed by atoms with Crippen molar-refractivity contribution in [3.63, 3.8) is 0 Å². The Labute approximate surface area is 139 Å². The van der Waals surface area contributed by atoms with Crippen molar-refractivity contribution in [2.75, 3.05) is 0 Å². The number of Topliss-reactive ketones (excluding diaryl/α,β-unsaturated/α-hetero) is 1. The molecule has 3 nitrogen and oxygen atoms in total. The lowest BCUT2D eigenvalue weighted by Gasteiger charge is -2.64. The van der Waals surface area contributed by atoms with E-state index in [4.69, 9.17) is 0 Å². The Hall–Kier alpha value is -0.670. The molecule has 0 aromatic heterocycles. The summed E-state index contributed by atoms with van der Waals surface area (Å²) in [4.78, 5) is 13.1. The molecule has 3 heteroatoms. The zero-order chi connectivity index (χ0) is 16.8. The molecule has 1 spiro atoms. The van der Waals surface area contributed by atoms with Crippen molar-refractivity contribution >= 4 is 5.78 Å². The summed E-state index contributed by atoms with van der Waals surface area (Å²) < 4.78 is 0. The van der Waals surface area contributed by atoms with E-state index in [9.17, 15) is 15.0 Å². The van der Waals surface area contributed by atoms with Crippen LogP contribution in [0.5, 0.6) is 0 Å². The normalized spacial score (nSPS) is 54.6. The number of carbonyl (C=O) groups excluding carboxylic acids is 1. The number of rotatable bonds is 0. The van der Waals surface area contributed by atoms with Crippen LogP contribution in [0.3, 0.4) is 0 Å². The highest BCUT2D eigenvalue weighted by Gasteiger charge is 2.71. The fourth-order valence-corrected chi connectivity index (χ4v) is 7.41. The Kier molecular flexibility index (Phi) is 3.09. The van der Waals surface area contributed by atoms with Gasteiger partial charge >= 0.3 is 0 Å². The Morgan fingerprint density at radius 2 is 1.87 bits per heavy atom. The summed E-state index contributed by atoms with van der Waals surface area (Å²) in [5, 5.41) is 22.1. The molecule has 0 saturated heterocycles. The predicted molar refractivity (Wildman–Crippen MR) is 88.7 cm³/mol. The highest BCUT2D eigenvalue weighted by molar-refractivity contribution is 5.86. The zero-order valence-electron chi connectivity index (χ0n) is 14.6. The lowest BCUT2D eigenvalue weighted by Crippen LogP contribution is -2.66. The van der Waals surface area contributed by atoms with Crippen LogP contribution in [0.1, 0.15) is 59.3 Å². The van der Waals surface area contributed by atoms with Gasteiger partial charge in [-0.3, -0.25) is 4.79 Å². The van der Waals surface area contributed by atoms with E-state index in [1.807, 2.05) is 0 Å². The third-order valence-corrected chi connectivity index (χ3v) is 8.31. The molecule has 7 atom stereocenters. The molecule has 23 heavy (non-hydrogen) atoms. The third kappa shape index (κ3) is 1.71. The summed E-state index contributed by atoms with van der Waals surface area (Å²) in [6.45, 7) is 10.9. The van der Waals surface area contributed by atoms with Crippen LogP contribution in [0.4, 0.5) is 0 Å². The third-order valence-electron chi connectivity index (χ3n) is 8.31. The van der Waals surface area contributed by atoms with Gasteiger partial charge < -0.3 is 10.2 Å². The van der Waals surface area contributed by atoms with E-state index in [2.05, 4.69) is 27.4 Å². The van der Waals surface area contributed by atoms with Gasteiger partial charge in [-0.25, -0.2) is 0 Å². The smallest absolute Gasteiger partial charge is 0.137 e. The van der Waals surface area contributed by atoms with Crippen LogP contribution in [0.15, 0.2) is 12.2 Å². The average Bonchev–Trinajstić information content (AvgIpc) is 2.64. The quantitative estimate of drug-likeness (QED) is 0.675. The molecular formula is C20H30O3. The molecule has 4 aliphatic carbocycles. The number of carbonyl (C=O) groups is 1. The molecule has 0 amide bonds. The Balaban J connectivity index is 1.88. The first kappa shape index (κ1) is 15.8. The average molecular weight is 318 g/mol. The summed E-state index contributed by atoms with van der Waals surface area (Å²) in [5.41, 5.74) is 0.162. The number of hydrogen-bond acceptors (Lipinski definition) is 3. The van der Waals surface area contributed by atoms with Crippen LogP contribution >= 0.6 is 0 Å². The van der Waals surface area contributed by atoms with Crippen molar-refractivity contribution in [3.05, 3.63) is 12.2 Å². The molecule has 4 rings (SSSR count). The minimum Gasteiger partial charge on any atom is -0.392 e. The molecule has 0 aromatic carbocycles. The molecule has 128 valence electrons. The van der Waals surface area contributed by atoms with Crippen LogP contribution in [-0.2, 0) is 4.79 Å². The van der Waals surface area contributed by atoms with E-state index >= 15 is 0 Å². The minimum atomic E-state index is -0.721. The van der Waals surface area contributed by atoms with Gasteiger partial charge in [-0.1, -0.05) is 33.8 Å². The molecule has 4 saturated carbocycles. The first-order valence-corrected chi connectivity index (χ1v) is 9.22. The van der Waals surface area contributed by atoms with Crippen LogP contribution in [0.2, 0.25) is 0 Å². The van der Waals surface area contributed by atoms with Crippen molar-refractivity contribution in [2.24, 2.45) is 34.0 Å². The van der Waals surface area contributed by atoms with Crippen molar-refractivity contribution in [1.29, 1.82) is 0 Å². The van der Waals surface area contributed by atoms with Crippen LogP contribution in [-0.4, -0.2) is 28.2 Å². The number of aliphatic hydroxyl groups excluding tert-OH is 2. The zero-order valence-corrected chi connectivity index (χ0v) is 14.6. The number of fused-ring (bicyclic) bond motifs is 3. The maximum absolute atomic E-state index is 13.1. The molecule has 0 heterocycles. The van der Waals surface area contributed by atoms with Gasteiger partial charge in [-0.05, 0) is 53.9 Å². The molecule has 4 fully saturated rings. The molecule has 2 N–H and O–H groups in total. The first-order chi connectivity index (χ1) is 10.6. The fraction of sp³-hybridized carbons (Fsp3) is 0.850. The first-order valence-electron chi connectivity index (χ1n) is 9.22. The second-order valence-corrected chi connectivity index (χ2v) is 9.75. The van der Waals surface area contributed by atoms with Gasteiger partial charge in [0.25, 0.3) is 0 Å². The highest BCUT2D eigenvalue weighted by atomic mass is 16.3. The SMILES string of the molecule is C=C1[C@@H]2CC(=O)[C@H]3[C@]4(C)CCCC(C)(C)[C@H]4C[C@@H](O)[C@]3(C2)[C@@H]1O. The maximum atomic E-state index is 13.1. The monoisotopic (exact) mass is 318 g/mol. The summed E-state index contributed by atoms with van der Waals surface area (Å²) in [7, 11) is 0. The number of hydrogen-bond donors (Lipinski definition) is 2. The molecule has 4 aliphatic rings. The summed E-state index contributed by atoms with van der Waals surface area (Å²) in [5.74, 6) is 0.466. The highest BCUT2D eigenvalue weighted by Crippen LogP contribution is 2.71. The summed E-state index contributed by atoms with van der Waals surface area (Å²) in [6, 6.07) is 0. The minimum absolute atomic E-state index is 0.0696. The van der Waals surface area contributed by atoms with Crippen LogP contribution < -0.4 is 0 Å². The standard InChI is InChI=1S/C20H30O3/c1-11-12-8-13(21)16-19(4)7-5-6-18(2,3)14(19)9-15(22)20(16,10-12)17(11)23/h12,14-17,22-23H,1,5-10H2,2-4H3/t12-,14-,15-,16+,17-,19-,20+/m1/s1. The molecule has 0 aliphatic heterocycles. The number of ketones is 1. The van der Waals surface area contributed by atoms with Gasteiger partial charge in [0, 0.05) is 17.8 Å².